The summed E-state index contributed by atoms with van der Waals surface area (Å²) in [6.45, 7) is 2.50. The fourth-order valence-electron chi connectivity index (χ4n) is 5.84. The zero-order chi connectivity index (χ0) is 26.4. The van der Waals surface area contributed by atoms with Gasteiger partial charge in [-0.1, -0.05) is 42.5 Å². The van der Waals surface area contributed by atoms with Crippen LogP contribution in [0.2, 0.25) is 0 Å². The predicted octanol–water partition coefficient (Wildman–Crippen LogP) is 2.09. The zero-order valence-electron chi connectivity index (χ0n) is 21.8. The maximum absolute atomic E-state index is 13.7. The Morgan fingerprint density at radius 1 is 1.11 bits per heavy atom. The van der Waals surface area contributed by atoms with Crippen molar-refractivity contribution in [2.75, 3.05) is 26.3 Å². The third-order valence-corrected chi connectivity index (χ3v) is 8.24. The van der Waals surface area contributed by atoms with E-state index in [2.05, 4.69) is 27.8 Å². The number of aromatic nitrogens is 2. The summed E-state index contributed by atoms with van der Waals surface area (Å²) in [5.74, 6) is -0.0900. The van der Waals surface area contributed by atoms with Gasteiger partial charge in [-0.15, -0.1) is 0 Å². The molecule has 2 aromatic rings. The second-order valence-electron chi connectivity index (χ2n) is 10.8. The van der Waals surface area contributed by atoms with E-state index in [0.29, 0.717) is 58.4 Å². The van der Waals surface area contributed by atoms with Crippen LogP contribution >= 0.6 is 0 Å². The van der Waals surface area contributed by atoms with Crippen molar-refractivity contribution in [3.63, 3.8) is 0 Å². The third-order valence-electron chi connectivity index (χ3n) is 8.24. The molecule has 2 fully saturated rings. The highest BCUT2D eigenvalue weighted by atomic mass is 16.5. The second-order valence-corrected chi connectivity index (χ2v) is 10.8. The van der Waals surface area contributed by atoms with E-state index >= 15 is 0 Å². The number of nitrogens with one attached hydrogen (secondary N) is 2. The molecule has 9 heteroatoms. The number of ether oxygens (including phenoxy) is 1. The fourth-order valence-corrected chi connectivity index (χ4v) is 5.84. The molecule has 0 saturated carbocycles. The lowest BCUT2D eigenvalue weighted by Gasteiger charge is -2.40. The van der Waals surface area contributed by atoms with Crippen molar-refractivity contribution in [2.24, 2.45) is 11.3 Å². The highest BCUT2D eigenvalue weighted by Crippen LogP contribution is 2.36. The highest BCUT2D eigenvalue weighted by molar-refractivity contribution is 5.90. The number of allylic oxidation sites excluding steroid dienone is 2. The molecule has 3 aliphatic rings. The fraction of sp³-hybridized carbons (Fsp3) is 0.517. The van der Waals surface area contributed by atoms with E-state index < -0.39 is 11.5 Å². The van der Waals surface area contributed by atoms with Gasteiger partial charge in [0.25, 0.3) is 0 Å². The lowest BCUT2D eigenvalue weighted by molar-refractivity contribution is -0.140. The molecule has 38 heavy (non-hydrogen) atoms. The number of hydrogen-bond acceptors (Lipinski definition) is 5. The first-order chi connectivity index (χ1) is 18.5. The minimum Gasteiger partial charge on any atom is -0.381 e. The molecular weight excluding hydrogens is 482 g/mol. The molecule has 3 amide bonds. The van der Waals surface area contributed by atoms with Gasteiger partial charge in [-0.3, -0.25) is 14.4 Å². The van der Waals surface area contributed by atoms with Gasteiger partial charge in [0.1, 0.15) is 12.6 Å². The first-order valence-corrected chi connectivity index (χ1v) is 13.6. The molecule has 2 saturated heterocycles. The number of hydrogen-bond donors (Lipinski definition) is 2. The SMILES string of the molecule is O=C1N[C@H]2CCN(C(=O)Cn3ccnc3)C[C@H]2C/C=C/CC2(CCOCC2)C(=O)N[C@@H]1Cc1ccccc1. The van der Waals surface area contributed by atoms with Crippen LogP contribution in [-0.2, 0) is 32.1 Å². The van der Waals surface area contributed by atoms with Crippen LogP contribution in [0, 0.1) is 11.3 Å². The summed E-state index contributed by atoms with van der Waals surface area (Å²) in [4.78, 5) is 46.2. The van der Waals surface area contributed by atoms with Crippen LogP contribution in [0.25, 0.3) is 0 Å². The number of nitrogens with zero attached hydrogens (tertiary/aromatic N) is 3. The molecule has 1 aromatic heterocycles. The second kappa shape index (κ2) is 11.9. The molecule has 1 spiro atoms. The number of piperidine rings is 1. The van der Waals surface area contributed by atoms with Crippen LogP contribution in [0.1, 0.15) is 37.7 Å². The van der Waals surface area contributed by atoms with E-state index in [1.54, 1.807) is 23.3 Å². The summed E-state index contributed by atoms with van der Waals surface area (Å²) in [6.07, 6.45) is 13.1. The van der Waals surface area contributed by atoms with Gasteiger partial charge in [0.15, 0.2) is 0 Å². The van der Waals surface area contributed by atoms with Crippen molar-refractivity contribution in [1.82, 2.24) is 25.1 Å². The molecular formula is C29H37N5O4. The Morgan fingerprint density at radius 2 is 1.92 bits per heavy atom. The first kappa shape index (κ1) is 26.2. The number of carbonyl (C=O) groups is 3. The van der Waals surface area contributed by atoms with Gasteiger partial charge in [0.05, 0.1) is 11.7 Å². The molecule has 0 unspecified atom stereocenters. The molecule has 0 radical (unpaired) electrons. The molecule has 3 aliphatic heterocycles. The predicted molar refractivity (Wildman–Crippen MR) is 142 cm³/mol. The van der Waals surface area contributed by atoms with Crippen molar-refractivity contribution >= 4 is 17.7 Å². The number of rotatable bonds is 4. The average Bonchev–Trinajstić information content (AvgIpc) is 3.45. The summed E-state index contributed by atoms with van der Waals surface area (Å²) in [7, 11) is 0. The van der Waals surface area contributed by atoms with E-state index in [4.69, 9.17) is 4.74 Å². The van der Waals surface area contributed by atoms with Gasteiger partial charge in [0.2, 0.25) is 17.7 Å². The minimum absolute atomic E-state index is 0.0539. The van der Waals surface area contributed by atoms with Crippen molar-refractivity contribution in [3.8, 4) is 0 Å². The molecule has 202 valence electrons. The van der Waals surface area contributed by atoms with Crippen LogP contribution < -0.4 is 10.6 Å². The molecule has 0 aliphatic carbocycles. The van der Waals surface area contributed by atoms with Crippen LogP contribution in [0.4, 0.5) is 0 Å². The molecule has 9 nitrogen and oxygen atoms in total. The topological polar surface area (TPSA) is 106 Å². The van der Waals surface area contributed by atoms with E-state index in [0.717, 1.165) is 12.0 Å². The van der Waals surface area contributed by atoms with Gasteiger partial charge in [0, 0.05) is 57.1 Å². The Hall–Kier alpha value is -3.46. The Labute approximate surface area is 223 Å². The van der Waals surface area contributed by atoms with E-state index in [1.807, 2.05) is 35.2 Å². The van der Waals surface area contributed by atoms with Gasteiger partial charge in [-0.05, 0) is 37.7 Å². The first-order valence-electron chi connectivity index (χ1n) is 13.6. The monoisotopic (exact) mass is 519 g/mol. The average molecular weight is 520 g/mol. The summed E-state index contributed by atoms with van der Waals surface area (Å²) in [5, 5.41) is 6.39. The van der Waals surface area contributed by atoms with Crippen molar-refractivity contribution < 1.29 is 19.1 Å². The number of amides is 3. The number of imidazole rings is 1. The highest BCUT2D eigenvalue weighted by Gasteiger charge is 2.41. The molecule has 5 rings (SSSR count). The molecule has 4 heterocycles. The van der Waals surface area contributed by atoms with E-state index in [-0.39, 0.29) is 36.2 Å². The summed E-state index contributed by atoms with van der Waals surface area (Å²) < 4.78 is 7.36. The molecule has 0 bridgehead atoms. The van der Waals surface area contributed by atoms with Gasteiger partial charge in [-0.2, -0.15) is 0 Å². The Bertz CT molecular complexity index is 1130. The molecule has 2 N–H and O–H groups in total. The van der Waals surface area contributed by atoms with Crippen LogP contribution in [0.15, 0.2) is 61.2 Å². The summed E-state index contributed by atoms with van der Waals surface area (Å²) in [6, 6.07) is 9.05. The Kier molecular flexibility index (Phi) is 8.22. The maximum atomic E-state index is 13.7. The largest absolute Gasteiger partial charge is 0.381 e. The lowest BCUT2D eigenvalue weighted by atomic mass is 9.75. The van der Waals surface area contributed by atoms with Crippen molar-refractivity contribution in [3.05, 3.63) is 66.8 Å². The number of likely N-dealkylation sites (tertiary alicyclic amines) is 1. The quantitative estimate of drug-likeness (QED) is 0.602. The number of benzene rings is 1. The standard InChI is InChI=1S/C29H37N5O4/c35-26(20-33-15-13-30-21-33)34-14-9-24-23(19-34)8-4-5-10-29(11-16-38-17-12-29)28(37)32-25(27(36)31-24)18-22-6-2-1-3-7-22/h1-7,13,15,21,23-25H,8-12,14,16-20H2,(H,31,36)(H,32,37)/b5-4+/t23-,24+,25-/m1/s1. The van der Waals surface area contributed by atoms with Gasteiger partial charge in [-0.25, -0.2) is 4.98 Å². The summed E-state index contributed by atoms with van der Waals surface area (Å²) in [5.41, 5.74) is 0.416. The van der Waals surface area contributed by atoms with Crippen molar-refractivity contribution in [2.45, 2.75) is 57.2 Å². The van der Waals surface area contributed by atoms with E-state index in [1.165, 1.54) is 0 Å². The van der Waals surface area contributed by atoms with Gasteiger partial charge >= 0.3 is 0 Å². The van der Waals surface area contributed by atoms with Crippen LogP contribution in [-0.4, -0.2) is 70.6 Å². The Morgan fingerprint density at radius 3 is 2.68 bits per heavy atom. The van der Waals surface area contributed by atoms with Gasteiger partial charge < -0.3 is 24.8 Å². The van der Waals surface area contributed by atoms with Crippen LogP contribution in [0.5, 0.6) is 0 Å². The zero-order valence-corrected chi connectivity index (χ0v) is 21.8. The maximum Gasteiger partial charge on any atom is 0.243 e. The number of fused-ring (bicyclic) bond motifs is 1. The van der Waals surface area contributed by atoms with E-state index in [9.17, 15) is 14.4 Å². The number of carbonyl (C=O) groups excluding carboxylic acids is 3. The lowest BCUT2D eigenvalue weighted by Crippen LogP contribution is -2.58. The normalized spacial score (nSPS) is 26.8. The smallest absolute Gasteiger partial charge is 0.243 e. The Balaban J connectivity index is 1.36. The molecule has 3 atom stereocenters. The van der Waals surface area contributed by atoms with Crippen molar-refractivity contribution in [1.29, 1.82) is 0 Å². The van der Waals surface area contributed by atoms with Crippen LogP contribution in [0.3, 0.4) is 0 Å². The molecule has 1 aromatic carbocycles. The minimum atomic E-state index is -0.672. The third kappa shape index (κ3) is 6.15. The summed E-state index contributed by atoms with van der Waals surface area (Å²) >= 11 is 0.